The van der Waals surface area contributed by atoms with Crippen molar-refractivity contribution in [3.63, 3.8) is 0 Å². The third-order valence-electron chi connectivity index (χ3n) is 2.93. The van der Waals surface area contributed by atoms with Gasteiger partial charge in [0.2, 0.25) is 0 Å². The molecule has 1 amide bonds. The molecule has 0 saturated heterocycles. The highest BCUT2D eigenvalue weighted by Gasteiger charge is 2.14. The van der Waals surface area contributed by atoms with Gasteiger partial charge in [-0.15, -0.1) is 11.3 Å². The fourth-order valence-electron chi connectivity index (χ4n) is 1.80. The molecular formula is C15H16N2O3S. The molecule has 0 radical (unpaired) electrons. The normalized spacial score (nSPS) is 11.9. The second-order valence-corrected chi connectivity index (χ2v) is 5.57. The van der Waals surface area contributed by atoms with Gasteiger partial charge in [0.15, 0.2) is 0 Å². The number of thiazole rings is 1. The van der Waals surface area contributed by atoms with Crippen LogP contribution in [0.3, 0.4) is 0 Å². The summed E-state index contributed by atoms with van der Waals surface area (Å²) in [6.45, 7) is 1.78. The lowest BCUT2D eigenvalue weighted by atomic mass is 10.2. The standard InChI is InChI=1S/C15H16N2O3S/c1-10(7-8-13(18)19)16-14(20)12-9-21-15(17-12)11-5-3-2-4-6-11/h2-6,9-10H,7-8H2,1H3,(H,16,20)(H,18,19). The van der Waals surface area contributed by atoms with E-state index in [1.165, 1.54) is 11.3 Å². The van der Waals surface area contributed by atoms with Crippen molar-refractivity contribution >= 4 is 23.2 Å². The molecule has 0 fully saturated rings. The molecule has 1 aromatic heterocycles. The molecule has 2 rings (SSSR count). The Morgan fingerprint density at radius 1 is 1.33 bits per heavy atom. The van der Waals surface area contributed by atoms with E-state index in [1.54, 1.807) is 12.3 Å². The molecule has 110 valence electrons. The average Bonchev–Trinajstić information content (AvgIpc) is 2.96. The molecular weight excluding hydrogens is 288 g/mol. The number of aliphatic carboxylic acids is 1. The molecule has 2 aromatic rings. The van der Waals surface area contributed by atoms with Crippen LogP contribution in [0.4, 0.5) is 0 Å². The van der Waals surface area contributed by atoms with E-state index in [4.69, 9.17) is 5.11 Å². The van der Waals surface area contributed by atoms with Gasteiger partial charge in [0, 0.05) is 23.4 Å². The van der Waals surface area contributed by atoms with E-state index in [2.05, 4.69) is 10.3 Å². The maximum atomic E-state index is 12.0. The van der Waals surface area contributed by atoms with Crippen LogP contribution in [-0.2, 0) is 4.79 Å². The smallest absolute Gasteiger partial charge is 0.303 e. The van der Waals surface area contributed by atoms with Crippen molar-refractivity contribution in [2.45, 2.75) is 25.8 Å². The number of hydrogen-bond acceptors (Lipinski definition) is 4. The maximum Gasteiger partial charge on any atom is 0.303 e. The molecule has 2 N–H and O–H groups in total. The van der Waals surface area contributed by atoms with Gasteiger partial charge in [-0.05, 0) is 13.3 Å². The minimum absolute atomic E-state index is 0.0355. The number of carbonyl (C=O) groups is 2. The van der Waals surface area contributed by atoms with Gasteiger partial charge in [0.05, 0.1) is 0 Å². The van der Waals surface area contributed by atoms with Crippen LogP contribution in [0, 0.1) is 0 Å². The summed E-state index contributed by atoms with van der Waals surface area (Å²) in [5.41, 5.74) is 1.33. The summed E-state index contributed by atoms with van der Waals surface area (Å²) >= 11 is 1.41. The molecule has 0 aliphatic rings. The van der Waals surface area contributed by atoms with Gasteiger partial charge in [0.25, 0.3) is 5.91 Å². The Morgan fingerprint density at radius 2 is 2.05 bits per heavy atom. The maximum absolute atomic E-state index is 12.0. The fraction of sp³-hybridized carbons (Fsp3) is 0.267. The topological polar surface area (TPSA) is 79.3 Å². The van der Waals surface area contributed by atoms with Gasteiger partial charge in [0.1, 0.15) is 10.7 Å². The van der Waals surface area contributed by atoms with Crippen molar-refractivity contribution in [3.05, 3.63) is 41.4 Å². The van der Waals surface area contributed by atoms with E-state index in [-0.39, 0.29) is 18.4 Å². The molecule has 1 atom stereocenters. The van der Waals surface area contributed by atoms with Crippen molar-refractivity contribution in [2.24, 2.45) is 0 Å². The van der Waals surface area contributed by atoms with E-state index in [1.807, 2.05) is 30.3 Å². The zero-order valence-corrected chi connectivity index (χ0v) is 12.4. The highest BCUT2D eigenvalue weighted by molar-refractivity contribution is 7.13. The first-order chi connectivity index (χ1) is 10.1. The van der Waals surface area contributed by atoms with Crippen LogP contribution in [0.15, 0.2) is 35.7 Å². The third kappa shape index (κ3) is 4.39. The quantitative estimate of drug-likeness (QED) is 0.860. The Kier molecular flexibility index (Phi) is 5.05. The molecule has 1 unspecified atom stereocenters. The molecule has 5 nitrogen and oxygen atoms in total. The average molecular weight is 304 g/mol. The largest absolute Gasteiger partial charge is 0.481 e. The molecule has 1 heterocycles. The van der Waals surface area contributed by atoms with Gasteiger partial charge in [-0.1, -0.05) is 30.3 Å². The van der Waals surface area contributed by atoms with Crippen molar-refractivity contribution in [2.75, 3.05) is 0 Å². The minimum Gasteiger partial charge on any atom is -0.481 e. The number of benzene rings is 1. The van der Waals surface area contributed by atoms with Gasteiger partial charge < -0.3 is 10.4 Å². The highest BCUT2D eigenvalue weighted by atomic mass is 32.1. The number of rotatable bonds is 6. The number of carboxylic acid groups (broad SMARTS) is 1. The van der Waals surface area contributed by atoms with Gasteiger partial charge >= 0.3 is 5.97 Å². The molecule has 0 aliphatic heterocycles. The van der Waals surface area contributed by atoms with Gasteiger partial charge in [-0.2, -0.15) is 0 Å². The van der Waals surface area contributed by atoms with E-state index in [0.29, 0.717) is 12.1 Å². The summed E-state index contributed by atoms with van der Waals surface area (Å²) in [4.78, 5) is 26.8. The van der Waals surface area contributed by atoms with E-state index in [0.717, 1.165) is 10.6 Å². The van der Waals surface area contributed by atoms with Crippen molar-refractivity contribution in [1.29, 1.82) is 0 Å². The third-order valence-corrected chi connectivity index (χ3v) is 3.82. The number of amides is 1. The summed E-state index contributed by atoms with van der Waals surface area (Å²) in [6, 6.07) is 9.45. The van der Waals surface area contributed by atoms with Gasteiger partial charge in [-0.25, -0.2) is 4.98 Å². The first-order valence-corrected chi connectivity index (χ1v) is 7.48. The van der Waals surface area contributed by atoms with Crippen molar-refractivity contribution < 1.29 is 14.7 Å². The highest BCUT2D eigenvalue weighted by Crippen LogP contribution is 2.23. The Morgan fingerprint density at radius 3 is 2.71 bits per heavy atom. The Balaban J connectivity index is 1.98. The van der Waals surface area contributed by atoms with Crippen LogP contribution in [0.5, 0.6) is 0 Å². The molecule has 0 spiro atoms. The second kappa shape index (κ2) is 6.99. The van der Waals surface area contributed by atoms with E-state index < -0.39 is 5.97 Å². The number of nitrogens with zero attached hydrogens (tertiary/aromatic N) is 1. The second-order valence-electron chi connectivity index (χ2n) is 4.71. The zero-order chi connectivity index (χ0) is 15.2. The molecule has 21 heavy (non-hydrogen) atoms. The molecule has 0 bridgehead atoms. The SMILES string of the molecule is CC(CCC(=O)O)NC(=O)c1csc(-c2ccccc2)n1. The van der Waals surface area contributed by atoms with Crippen LogP contribution in [0.1, 0.15) is 30.3 Å². The van der Waals surface area contributed by atoms with Crippen molar-refractivity contribution in [3.8, 4) is 10.6 Å². The summed E-state index contributed by atoms with van der Waals surface area (Å²) in [6.07, 6.45) is 0.435. The zero-order valence-electron chi connectivity index (χ0n) is 11.6. The summed E-state index contributed by atoms with van der Waals surface area (Å²) in [5, 5.41) is 13.9. The Labute approximate surface area is 126 Å². The minimum atomic E-state index is -0.865. The number of nitrogens with one attached hydrogen (secondary N) is 1. The van der Waals surface area contributed by atoms with Crippen LogP contribution in [0.2, 0.25) is 0 Å². The predicted molar refractivity (Wildman–Crippen MR) is 81.3 cm³/mol. The first-order valence-electron chi connectivity index (χ1n) is 6.60. The predicted octanol–water partition coefficient (Wildman–Crippen LogP) is 2.79. The summed E-state index contributed by atoms with van der Waals surface area (Å²) < 4.78 is 0. The Hall–Kier alpha value is -2.21. The number of carbonyl (C=O) groups excluding carboxylic acids is 1. The fourth-order valence-corrected chi connectivity index (χ4v) is 2.61. The number of aromatic nitrogens is 1. The first kappa shape index (κ1) is 15.2. The van der Waals surface area contributed by atoms with Gasteiger partial charge in [-0.3, -0.25) is 9.59 Å². The lowest BCUT2D eigenvalue weighted by Crippen LogP contribution is -2.33. The van der Waals surface area contributed by atoms with Crippen LogP contribution < -0.4 is 5.32 Å². The molecule has 0 aliphatic carbocycles. The monoisotopic (exact) mass is 304 g/mol. The lowest BCUT2D eigenvalue weighted by molar-refractivity contribution is -0.137. The van der Waals surface area contributed by atoms with Crippen LogP contribution in [0.25, 0.3) is 10.6 Å². The number of hydrogen-bond donors (Lipinski definition) is 2. The number of carboxylic acids is 1. The summed E-state index contributed by atoms with van der Waals surface area (Å²) in [7, 11) is 0. The molecule has 0 saturated carbocycles. The summed E-state index contributed by atoms with van der Waals surface area (Å²) in [5.74, 6) is -1.14. The van der Waals surface area contributed by atoms with E-state index >= 15 is 0 Å². The molecule has 6 heteroatoms. The lowest BCUT2D eigenvalue weighted by Gasteiger charge is -2.11. The van der Waals surface area contributed by atoms with Crippen LogP contribution in [-0.4, -0.2) is 28.0 Å². The molecule has 1 aromatic carbocycles. The van der Waals surface area contributed by atoms with Crippen molar-refractivity contribution in [1.82, 2.24) is 10.3 Å². The Bertz CT molecular complexity index is 625. The van der Waals surface area contributed by atoms with E-state index in [9.17, 15) is 9.59 Å². The van der Waals surface area contributed by atoms with Crippen LogP contribution >= 0.6 is 11.3 Å².